The van der Waals surface area contributed by atoms with E-state index in [2.05, 4.69) is 31.5 Å². The summed E-state index contributed by atoms with van der Waals surface area (Å²) in [6.07, 6.45) is 2.98. The number of hydrogen-bond acceptors (Lipinski definition) is 5. The highest BCUT2D eigenvalue weighted by Crippen LogP contribution is 2.33. The topological polar surface area (TPSA) is 89.6 Å². The van der Waals surface area contributed by atoms with E-state index in [1.54, 1.807) is 25.2 Å². The van der Waals surface area contributed by atoms with Crippen molar-refractivity contribution in [2.75, 3.05) is 20.2 Å². The van der Waals surface area contributed by atoms with Crippen LogP contribution >= 0.6 is 15.9 Å². The third kappa shape index (κ3) is 5.08. The molecule has 2 N–H and O–H groups in total. The number of nitrogens with one attached hydrogen (secondary N) is 2. The van der Waals surface area contributed by atoms with Gasteiger partial charge in [-0.15, -0.1) is 0 Å². The molecule has 1 aliphatic heterocycles. The number of fused-ring (bicyclic) bond motifs is 1. The zero-order valence-electron chi connectivity index (χ0n) is 17.5. The number of nitrogens with zero attached hydrogens (tertiary/aromatic N) is 1. The van der Waals surface area contributed by atoms with E-state index in [1.807, 2.05) is 30.3 Å². The van der Waals surface area contributed by atoms with Gasteiger partial charge in [0.05, 0.1) is 12.2 Å². The van der Waals surface area contributed by atoms with Crippen LogP contribution in [0.25, 0.3) is 0 Å². The Labute approximate surface area is 194 Å². The van der Waals surface area contributed by atoms with E-state index in [1.165, 1.54) is 6.20 Å². The number of halogens is 1. The summed E-state index contributed by atoms with van der Waals surface area (Å²) in [7, 11) is 1.55. The quantitative estimate of drug-likeness (QED) is 0.518. The minimum Gasteiger partial charge on any atom is -0.492 e. The van der Waals surface area contributed by atoms with Gasteiger partial charge in [-0.3, -0.25) is 14.6 Å². The summed E-state index contributed by atoms with van der Waals surface area (Å²) in [5.74, 6) is 1.40. The summed E-state index contributed by atoms with van der Waals surface area (Å²) < 4.78 is 12.4. The van der Waals surface area contributed by atoms with Crippen LogP contribution in [0.2, 0.25) is 0 Å². The molecule has 8 heteroatoms. The lowest BCUT2D eigenvalue weighted by molar-refractivity contribution is 0.0945. The molecule has 0 aliphatic carbocycles. The van der Waals surface area contributed by atoms with E-state index < -0.39 is 0 Å². The average Bonchev–Trinajstić information content (AvgIpc) is 3.26. The van der Waals surface area contributed by atoms with Gasteiger partial charge in [0, 0.05) is 36.7 Å². The fraction of sp³-hybridized carbons (Fsp3) is 0.208. The Morgan fingerprint density at radius 3 is 2.81 bits per heavy atom. The highest BCUT2D eigenvalue weighted by Gasteiger charge is 2.21. The molecule has 2 aromatic carbocycles. The molecule has 7 nitrogen and oxygen atoms in total. The summed E-state index contributed by atoms with van der Waals surface area (Å²) in [4.78, 5) is 28.5. The minimum atomic E-state index is -0.276. The number of carbonyl (C=O) groups is 2. The summed E-state index contributed by atoms with van der Waals surface area (Å²) in [6, 6.07) is 14.7. The molecule has 164 valence electrons. The molecular formula is C24H22BrN3O4. The first-order valence-corrected chi connectivity index (χ1v) is 11.0. The molecule has 0 radical (unpaired) electrons. The van der Waals surface area contributed by atoms with E-state index in [4.69, 9.17) is 9.47 Å². The number of benzene rings is 2. The van der Waals surface area contributed by atoms with Crippen LogP contribution in [-0.4, -0.2) is 37.0 Å². The van der Waals surface area contributed by atoms with Gasteiger partial charge in [-0.2, -0.15) is 0 Å². The van der Waals surface area contributed by atoms with Crippen molar-refractivity contribution < 1.29 is 19.1 Å². The van der Waals surface area contributed by atoms with Crippen LogP contribution < -0.4 is 20.1 Å². The monoisotopic (exact) mass is 495 g/mol. The van der Waals surface area contributed by atoms with Crippen molar-refractivity contribution in [3.8, 4) is 17.2 Å². The first kappa shape index (κ1) is 21.8. The zero-order valence-corrected chi connectivity index (χ0v) is 19.1. The maximum atomic E-state index is 12.7. The van der Waals surface area contributed by atoms with Gasteiger partial charge in [0.2, 0.25) is 0 Å². The van der Waals surface area contributed by atoms with E-state index in [9.17, 15) is 9.59 Å². The van der Waals surface area contributed by atoms with Crippen molar-refractivity contribution >= 4 is 27.7 Å². The van der Waals surface area contributed by atoms with Gasteiger partial charge in [0.1, 0.15) is 22.9 Å². The first-order chi connectivity index (χ1) is 15.5. The maximum Gasteiger partial charge on any atom is 0.269 e. The Morgan fingerprint density at radius 1 is 1.12 bits per heavy atom. The third-order valence-electron chi connectivity index (χ3n) is 5.02. The second-order valence-corrected chi connectivity index (χ2v) is 8.17. The number of amides is 2. The molecule has 1 aliphatic rings. The largest absolute Gasteiger partial charge is 0.492 e. The van der Waals surface area contributed by atoms with Gasteiger partial charge in [-0.1, -0.05) is 28.1 Å². The van der Waals surface area contributed by atoms with Crippen LogP contribution in [0.4, 0.5) is 0 Å². The second-order valence-electron chi connectivity index (χ2n) is 7.25. The Balaban J connectivity index is 1.37. The van der Waals surface area contributed by atoms with Crippen LogP contribution in [0.15, 0.2) is 59.2 Å². The molecule has 0 bridgehead atoms. The summed E-state index contributed by atoms with van der Waals surface area (Å²) >= 11 is 3.46. The molecule has 3 aromatic rings. The van der Waals surface area contributed by atoms with Gasteiger partial charge in [0.25, 0.3) is 11.8 Å². The fourth-order valence-electron chi connectivity index (χ4n) is 3.48. The molecule has 0 unspecified atom stereocenters. The maximum absolute atomic E-state index is 12.7. The highest BCUT2D eigenvalue weighted by atomic mass is 79.9. The van der Waals surface area contributed by atoms with Crippen molar-refractivity contribution in [3.63, 3.8) is 0 Å². The Morgan fingerprint density at radius 2 is 1.97 bits per heavy atom. The molecule has 0 saturated carbocycles. The van der Waals surface area contributed by atoms with E-state index in [0.29, 0.717) is 42.4 Å². The Bertz CT molecular complexity index is 1170. The summed E-state index contributed by atoms with van der Waals surface area (Å²) in [5, 5.41) is 5.51. The van der Waals surface area contributed by atoms with Crippen molar-refractivity contribution in [1.82, 2.24) is 15.6 Å². The zero-order chi connectivity index (χ0) is 22.5. The minimum absolute atomic E-state index is 0.157. The van der Waals surface area contributed by atoms with E-state index >= 15 is 0 Å². The van der Waals surface area contributed by atoms with Crippen LogP contribution in [0, 0.1) is 0 Å². The van der Waals surface area contributed by atoms with Crippen molar-refractivity contribution in [2.24, 2.45) is 0 Å². The molecule has 4 rings (SSSR count). The normalized spacial score (nSPS) is 11.9. The third-order valence-corrected chi connectivity index (χ3v) is 5.48. The molecule has 2 heterocycles. The highest BCUT2D eigenvalue weighted by molar-refractivity contribution is 9.10. The SMILES string of the molecule is CNC(=O)c1cc(Oc2cccc(CCNC(=O)c3cc(Br)cc4c3OCC4)c2)ccn1. The predicted molar refractivity (Wildman–Crippen MR) is 124 cm³/mol. The predicted octanol–water partition coefficient (Wildman–Crippen LogP) is 3.90. The fourth-order valence-corrected chi connectivity index (χ4v) is 3.99. The lowest BCUT2D eigenvalue weighted by Crippen LogP contribution is -2.26. The van der Waals surface area contributed by atoms with Crippen LogP contribution in [0.1, 0.15) is 32.0 Å². The summed E-state index contributed by atoms with van der Waals surface area (Å²) in [6.45, 7) is 1.07. The summed E-state index contributed by atoms with van der Waals surface area (Å²) in [5.41, 5.74) is 2.89. The lowest BCUT2D eigenvalue weighted by atomic mass is 10.1. The lowest BCUT2D eigenvalue weighted by Gasteiger charge is -2.11. The number of hydrogen-bond donors (Lipinski definition) is 2. The van der Waals surface area contributed by atoms with Crippen LogP contribution in [-0.2, 0) is 12.8 Å². The standard InChI is InChI=1S/C24H22BrN3O4/c1-26-24(30)21-14-19(6-9-27-21)32-18-4-2-3-15(11-18)5-8-28-23(29)20-13-17(25)12-16-7-10-31-22(16)20/h2-4,6,9,11-14H,5,7-8,10H2,1H3,(H,26,30)(H,28,29). The van der Waals surface area contributed by atoms with Crippen LogP contribution in [0.3, 0.4) is 0 Å². The first-order valence-electron chi connectivity index (χ1n) is 10.2. The van der Waals surface area contributed by atoms with Crippen molar-refractivity contribution in [2.45, 2.75) is 12.8 Å². The van der Waals surface area contributed by atoms with Crippen molar-refractivity contribution in [3.05, 3.63) is 81.6 Å². The number of rotatable bonds is 7. The number of pyridine rings is 1. The van der Waals surface area contributed by atoms with Crippen molar-refractivity contribution in [1.29, 1.82) is 0 Å². The van der Waals surface area contributed by atoms with Gasteiger partial charge in [-0.25, -0.2) is 0 Å². The van der Waals surface area contributed by atoms with E-state index in [-0.39, 0.29) is 17.5 Å². The molecule has 0 atom stereocenters. The smallest absolute Gasteiger partial charge is 0.269 e. The van der Waals surface area contributed by atoms with Gasteiger partial charge in [-0.05, 0) is 47.9 Å². The van der Waals surface area contributed by atoms with Gasteiger partial charge in [0.15, 0.2) is 0 Å². The molecule has 0 saturated heterocycles. The van der Waals surface area contributed by atoms with Gasteiger partial charge >= 0.3 is 0 Å². The van der Waals surface area contributed by atoms with E-state index in [0.717, 1.165) is 22.0 Å². The Kier molecular flexibility index (Phi) is 6.70. The molecule has 1 aromatic heterocycles. The molecular weight excluding hydrogens is 474 g/mol. The Hall–Kier alpha value is -3.39. The van der Waals surface area contributed by atoms with Gasteiger partial charge < -0.3 is 20.1 Å². The van der Waals surface area contributed by atoms with Crippen LogP contribution in [0.5, 0.6) is 17.2 Å². The number of aromatic nitrogens is 1. The number of ether oxygens (including phenoxy) is 2. The molecule has 2 amide bonds. The molecule has 0 fully saturated rings. The molecule has 32 heavy (non-hydrogen) atoms. The average molecular weight is 496 g/mol. The number of carbonyl (C=O) groups excluding carboxylic acids is 2. The molecule has 0 spiro atoms. The second kappa shape index (κ2) is 9.82.